The normalized spacial score (nSPS) is 10.1. The van der Waals surface area contributed by atoms with Crippen molar-refractivity contribution >= 4 is 17.6 Å². The zero-order valence-corrected chi connectivity index (χ0v) is 10.5. The molecule has 108 valence electrons. The summed E-state index contributed by atoms with van der Waals surface area (Å²) in [4.78, 5) is 22.9. The standard InChI is InChI=1S/C14H10FNO5/c15-9-3-1-2-8(14(20)21)12(9)16-13(19)7-4-5-10(17)11(18)6-7/h1-6,17-18H,(H,16,19)(H,20,21). The van der Waals surface area contributed by atoms with Gasteiger partial charge in [0.25, 0.3) is 5.91 Å². The number of nitrogens with one attached hydrogen (secondary N) is 1. The van der Waals surface area contributed by atoms with Crippen LogP contribution in [0.15, 0.2) is 36.4 Å². The van der Waals surface area contributed by atoms with Crippen molar-refractivity contribution in [3.8, 4) is 11.5 Å². The highest BCUT2D eigenvalue weighted by atomic mass is 19.1. The Bertz CT molecular complexity index is 729. The van der Waals surface area contributed by atoms with Gasteiger partial charge in [0.15, 0.2) is 11.5 Å². The van der Waals surface area contributed by atoms with E-state index in [1.807, 2.05) is 0 Å². The molecule has 4 N–H and O–H groups in total. The summed E-state index contributed by atoms with van der Waals surface area (Å²) in [5.41, 5.74) is -0.932. The van der Waals surface area contributed by atoms with Crippen molar-refractivity contribution in [2.75, 3.05) is 5.32 Å². The van der Waals surface area contributed by atoms with Crippen LogP contribution in [-0.4, -0.2) is 27.2 Å². The fourth-order valence-corrected chi connectivity index (χ4v) is 1.68. The van der Waals surface area contributed by atoms with Crippen LogP contribution in [0.2, 0.25) is 0 Å². The number of phenolic OH excluding ortho intramolecular Hbond substituents is 2. The highest BCUT2D eigenvalue weighted by molar-refractivity contribution is 6.08. The smallest absolute Gasteiger partial charge is 0.337 e. The van der Waals surface area contributed by atoms with Gasteiger partial charge in [-0.05, 0) is 30.3 Å². The second kappa shape index (κ2) is 5.49. The number of carboxylic acid groups (broad SMARTS) is 1. The van der Waals surface area contributed by atoms with Crippen LogP contribution in [0.5, 0.6) is 11.5 Å². The molecule has 7 heteroatoms. The Hall–Kier alpha value is -3.09. The fourth-order valence-electron chi connectivity index (χ4n) is 1.68. The number of anilines is 1. The molecule has 2 rings (SSSR count). The molecule has 0 unspecified atom stereocenters. The fraction of sp³-hybridized carbons (Fsp3) is 0. The van der Waals surface area contributed by atoms with E-state index in [9.17, 15) is 19.1 Å². The number of para-hydroxylation sites is 1. The van der Waals surface area contributed by atoms with Crippen molar-refractivity contribution in [2.24, 2.45) is 0 Å². The SMILES string of the molecule is O=C(Nc1c(F)cccc1C(=O)O)c1ccc(O)c(O)c1. The zero-order chi connectivity index (χ0) is 15.6. The number of hydrogen-bond donors (Lipinski definition) is 4. The average Bonchev–Trinajstić information content (AvgIpc) is 2.43. The molecule has 0 atom stereocenters. The third kappa shape index (κ3) is 2.92. The van der Waals surface area contributed by atoms with Gasteiger partial charge in [0.1, 0.15) is 5.82 Å². The molecule has 2 aromatic carbocycles. The molecule has 0 aromatic heterocycles. The third-order valence-corrected chi connectivity index (χ3v) is 2.72. The third-order valence-electron chi connectivity index (χ3n) is 2.72. The van der Waals surface area contributed by atoms with Gasteiger partial charge < -0.3 is 20.6 Å². The van der Waals surface area contributed by atoms with Gasteiger partial charge in [-0.2, -0.15) is 0 Å². The first-order valence-electron chi connectivity index (χ1n) is 5.75. The summed E-state index contributed by atoms with van der Waals surface area (Å²) in [7, 11) is 0. The topological polar surface area (TPSA) is 107 Å². The highest BCUT2D eigenvalue weighted by Crippen LogP contribution is 2.26. The lowest BCUT2D eigenvalue weighted by Crippen LogP contribution is -2.16. The van der Waals surface area contributed by atoms with Crippen molar-refractivity contribution in [2.45, 2.75) is 0 Å². The van der Waals surface area contributed by atoms with Gasteiger partial charge in [-0.25, -0.2) is 9.18 Å². The first-order valence-corrected chi connectivity index (χ1v) is 5.75. The minimum Gasteiger partial charge on any atom is -0.504 e. The molecular weight excluding hydrogens is 281 g/mol. The van der Waals surface area contributed by atoms with Gasteiger partial charge in [0, 0.05) is 5.56 Å². The Balaban J connectivity index is 2.36. The van der Waals surface area contributed by atoms with E-state index in [0.717, 1.165) is 24.3 Å². The van der Waals surface area contributed by atoms with Crippen LogP contribution in [0.1, 0.15) is 20.7 Å². The van der Waals surface area contributed by atoms with E-state index in [4.69, 9.17) is 10.2 Å². The van der Waals surface area contributed by atoms with Gasteiger partial charge >= 0.3 is 5.97 Å². The summed E-state index contributed by atoms with van der Waals surface area (Å²) >= 11 is 0. The number of aromatic carboxylic acids is 1. The Morgan fingerprint density at radius 1 is 1.05 bits per heavy atom. The molecule has 0 saturated heterocycles. The van der Waals surface area contributed by atoms with E-state index >= 15 is 0 Å². The Labute approximate surface area is 118 Å². The van der Waals surface area contributed by atoms with Gasteiger partial charge in [-0.15, -0.1) is 0 Å². The van der Waals surface area contributed by atoms with E-state index in [2.05, 4.69) is 5.32 Å². The maximum atomic E-state index is 13.7. The van der Waals surface area contributed by atoms with E-state index in [1.54, 1.807) is 0 Å². The minimum atomic E-state index is -1.39. The molecule has 0 aliphatic rings. The first-order chi connectivity index (χ1) is 9.90. The number of hydrogen-bond acceptors (Lipinski definition) is 4. The number of halogens is 1. The van der Waals surface area contributed by atoms with Gasteiger partial charge in [-0.3, -0.25) is 4.79 Å². The molecule has 0 aliphatic carbocycles. The van der Waals surface area contributed by atoms with Crippen LogP contribution < -0.4 is 5.32 Å². The monoisotopic (exact) mass is 291 g/mol. The van der Waals surface area contributed by atoms with Crippen LogP contribution in [0.25, 0.3) is 0 Å². The van der Waals surface area contributed by atoms with Crippen molar-refractivity contribution in [1.29, 1.82) is 0 Å². The summed E-state index contributed by atoms with van der Waals surface area (Å²) in [6.07, 6.45) is 0. The summed E-state index contributed by atoms with van der Waals surface area (Å²) in [6.45, 7) is 0. The van der Waals surface area contributed by atoms with Crippen LogP contribution in [0.3, 0.4) is 0 Å². The van der Waals surface area contributed by atoms with E-state index < -0.39 is 40.4 Å². The molecule has 2 aromatic rings. The van der Waals surface area contributed by atoms with E-state index in [1.165, 1.54) is 12.1 Å². The molecule has 0 aliphatic heterocycles. The Kier molecular flexibility index (Phi) is 3.75. The maximum Gasteiger partial charge on any atom is 0.337 e. The quantitative estimate of drug-likeness (QED) is 0.648. The van der Waals surface area contributed by atoms with Crippen LogP contribution >= 0.6 is 0 Å². The molecule has 21 heavy (non-hydrogen) atoms. The predicted molar refractivity (Wildman–Crippen MR) is 71.1 cm³/mol. The van der Waals surface area contributed by atoms with Crippen molar-refractivity contribution in [3.05, 3.63) is 53.3 Å². The van der Waals surface area contributed by atoms with Gasteiger partial charge in [-0.1, -0.05) is 6.07 Å². The summed E-state index contributed by atoms with van der Waals surface area (Å²) in [5.74, 6) is -4.04. The lowest BCUT2D eigenvalue weighted by Gasteiger charge is -2.10. The number of carbonyl (C=O) groups is 2. The molecular formula is C14H10FNO5. The largest absolute Gasteiger partial charge is 0.504 e. The highest BCUT2D eigenvalue weighted by Gasteiger charge is 2.18. The lowest BCUT2D eigenvalue weighted by atomic mass is 10.1. The number of carbonyl (C=O) groups excluding carboxylic acids is 1. The zero-order valence-electron chi connectivity index (χ0n) is 10.5. The van der Waals surface area contributed by atoms with Crippen LogP contribution in [0.4, 0.5) is 10.1 Å². The summed E-state index contributed by atoms with van der Waals surface area (Å²) in [5, 5.41) is 29.6. The lowest BCUT2D eigenvalue weighted by molar-refractivity contribution is 0.0697. The second-order valence-electron chi connectivity index (χ2n) is 4.13. The molecule has 6 nitrogen and oxygen atoms in total. The van der Waals surface area contributed by atoms with Crippen molar-refractivity contribution in [3.63, 3.8) is 0 Å². The molecule has 0 heterocycles. The van der Waals surface area contributed by atoms with Crippen molar-refractivity contribution in [1.82, 2.24) is 0 Å². The maximum absolute atomic E-state index is 13.7. The number of amides is 1. The van der Waals surface area contributed by atoms with Crippen LogP contribution in [0, 0.1) is 5.82 Å². The molecule has 0 spiro atoms. The second-order valence-corrected chi connectivity index (χ2v) is 4.13. The van der Waals surface area contributed by atoms with E-state index in [-0.39, 0.29) is 5.56 Å². The molecule has 0 fully saturated rings. The summed E-state index contributed by atoms with van der Waals surface area (Å²) < 4.78 is 13.7. The van der Waals surface area contributed by atoms with Gasteiger partial charge in [0.2, 0.25) is 0 Å². The number of aromatic hydroxyl groups is 2. The average molecular weight is 291 g/mol. The summed E-state index contributed by atoms with van der Waals surface area (Å²) in [6, 6.07) is 6.63. The molecule has 1 amide bonds. The minimum absolute atomic E-state index is 0.0649. The number of benzene rings is 2. The Morgan fingerprint density at radius 2 is 1.76 bits per heavy atom. The number of phenols is 2. The number of carboxylic acids is 1. The molecule has 0 radical (unpaired) electrons. The molecule has 0 saturated carbocycles. The number of rotatable bonds is 3. The molecule has 0 bridgehead atoms. The van der Waals surface area contributed by atoms with E-state index in [0.29, 0.717) is 0 Å². The van der Waals surface area contributed by atoms with Gasteiger partial charge in [0.05, 0.1) is 11.3 Å². The van der Waals surface area contributed by atoms with Crippen molar-refractivity contribution < 1.29 is 29.3 Å². The predicted octanol–water partition coefficient (Wildman–Crippen LogP) is 2.19. The van der Waals surface area contributed by atoms with Crippen LogP contribution in [-0.2, 0) is 0 Å². The Morgan fingerprint density at radius 3 is 2.38 bits per heavy atom. The first kappa shape index (κ1) is 14.3.